The first-order valence-electron chi connectivity index (χ1n) is 7.58. The van der Waals surface area contributed by atoms with Crippen LogP contribution in [0.4, 0.5) is 4.79 Å². The molecule has 1 aliphatic rings. The molecule has 0 saturated carbocycles. The number of aliphatic carboxylic acids is 1. The highest BCUT2D eigenvalue weighted by atomic mass is 16.4. The van der Waals surface area contributed by atoms with Gasteiger partial charge in [0.2, 0.25) is 0 Å². The fraction of sp³-hybridized carbons (Fsp3) is 0.867. The number of carboxylic acid groups (broad SMARTS) is 1. The number of amides is 2. The summed E-state index contributed by atoms with van der Waals surface area (Å²) in [6, 6.07) is 0.0169. The van der Waals surface area contributed by atoms with Gasteiger partial charge < -0.3 is 15.3 Å². The second-order valence-corrected chi connectivity index (χ2v) is 6.54. The van der Waals surface area contributed by atoms with Crippen LogP contribution in [0.5, 0.6) is 0 Å². The van der Waals surface area contributed by atoms with Crippen molar-refractivity contribution in [3.05, 3.63) is 0 Å². The predicted octanol–water partition coefficient (Wildman–Crippen LogP) is 2.71. The number of carbonyl (C=O) groups excluding carboxylic acids is 1. The van der Waals surface area contributed by atoms with Crippen molar-refractivity contribution < 1.29 is 14.7 Å². The largest absolute Gasteiger partial charge is 0.481 e. The second-order valence-electron chi connectivity index (χ2n) is 6.54. The molecule has 1 saturated heterocycles. The fourth-order valence-corrected chi connectivity index (χ4v) is 2.30. The molecule has 0 aliphatic carbocycles. The molecule has 0 spiro atoms. The molecule has 0 aromatic rings. The van der Waals surface area contributed by atoms with Crippen molar-refractivity contribution in [2.24, 2.45) is 11.3 Å². The van der Waals surface area contributed by atoms with E-state index in [2.05, 4.69) is 26.1 Å². The molecule has 2 N–H and O–H groups in total. The Bertz CT molecular complexity index is 334. The molecule has 2 amide bonds. The van der Waals surface area contributed by atoms with Crippen LogP contribution in [0.15, 0.2) is 0 Å². The van der Waals surface area contributed by atoms with Gasteiger partial charge in [-0.3, -0.25) is 4.79 Å². The number of rotatable bonds is 6. The number of urea groups is 1. The first-order valence-corrected chi connectivity index (χ1v) is 7.58. The van der Waals surface area contributed by atoms with E-state index in [1.807, 2.05) is 4.90 Å². The fourth-order valence-electron chi connectivity index (χ4n) is 2.30. The van der Waals surface area contributed by atoms with Crippen LogP contribution in [-0.4, -0.2) is 41.6 Å². The highest BCUT2D eigenvalue weighted by molar-refractivity contribution is 5.74. The van der Waals surface area contributed by atoms with Crippen LogP contribution in [0.25, 0.3) is 0 Å². The molecule has 0 bridgehead atoms. The smallest absolute Gasteiger partial charge is 0.317 e. The van der Waals surface area contributed by atoms with Gasteiger partial charge in [0.15, 0.2) is 0 Å². The molecular formula is C15H28N2O3. The van der Waals surface area contributed by atoms with E-state index in [9.17, 15) is 9.59 Å². The molecule has 20 heavy (non-hydrogen) atoms. The summed E-state index contributed by atoms with van der Waals surface area (Å²) in [4.78, 5) is 24.5. The van der Waals surface area contributed by atoms with Crippen molar-refractivity contribution in [1.82, 2.24) is 10.2 Å². The SMILES string of the molecule is CCC(C)(C)CNC(=O)N1CCC(CCC(=O)O)CC1. The topological polar surface area (TPSA) is 69.6 Å². The monoisotopic (exact) mass is 284 g/mol. The molecule has 1 heterocycles. The van der Waals surface area contributed by atoms with Crippen molar-refractivity contribution in [3.63, 3.8) is 0 Å². The zero-order valence-electron chi connectivity index (χ0n) is 12.9. The Labute approximate surface area is 121 Å². The Morgan fingerprint density at radius 2 is 1.90 bits per heavy atom. The summed E-state index contributed by atoms with van der Waals surface area (Å²) in [5, 5.41) is 11.7. The van der Waals surface area contributed by atoms with Crippen LogP contribution >= 0.6 is 0 Å². The van der Waals surface area contributed by atoms with E-state index < -0.39 is 5.97 Å². The summed E-state index contributed by atoms with van der Waals surface area (Å²) in [6.45, 7) is 8.59. The number of hydrogen-bond acceptors (Lipinski definition) is 2. The second kappa shape index (κ2) is 7.50. The Hall–Kier alpha value is -1.26. The minimum atomic E-state index is -0.730. The van der Waals surface area contributed by atoms with E-state index in [-0.39, 0.29) is 17.9 Å². The third kappa shape index (κ3) is 5.80. The van der Waals surface area contributed by atoms with Gasteiger partial charge in [-0.2, -0.15) is 0 Å². The van der Waals surface area contributed by atoms with Crippen LogP contribution in [0, 0.1) is 11.3 Å². The number of carbonyl (C=O) groups is 2. The average Bonchev–Trinajstić information content (AvgIpc) is 2.43. The first kappa shape index (κ1) is 16.8. The summed E-state index contributed by atoms with van der Waals surface area (Å²) in [5.74, 6) is -0.283. The zero-order valence-corrected chi connectivity index (χ0v) is 12.9. The number of nitrogens with one attached hydrogen (secondary N) is 1. The van der Waals surface area contributed by atoms with Crippen molar-refractivity contribution in [1.29, 1.82) is 0 Å². The van der Waals surface area contributed by atoms with Gasteiger partial charge in [0, 0.05) is 26.1 Å². The molecule has 1 aliphatic heterocycles. The number of carboxylic acids is 1. The van der Waals surface area contributed by atoms with Crippen molar-refractivity contribution in [2.45, 2.75) is 52.9 Å². The highest BCUT2D eigenvalue weighted by Crippen LogP contribution is 2.22. The lowest BCUT2D eigenvalue weighted by Crippen LogP contribution is -2.46. The Kier molecular flexibility index (Phi) is 6.30. The van der Waals surface area contributed by atoms with Crippen molar-refractivity contribution in [3.8, 4) is 0 Å². The maximum Gasteiger partial charge on any atom is 0.317 e. The molecule has 5 nitrogen and oxygen atoms in total. The van der Waals surface area contributed by atoms with Crippen LogP contribution in [0.2, 0.25) is 0 Å². The molecule has 1 rings (SSSR count). The Balaban J connectivity index is 2.27. The van der Waals surface area contributed by atoms with E-state index in [0.717, 1.165) is 38.8 Å². The maximum absolute atomic E-state index is 12.1. The Morgan fingerprint density at radius 1 is 1.30 bits per heavy atom. The maximum atomic E-state index is 12.1. The number of nitrogens with zero attached hydrogens (tertiary/aromatic N) is 1. The van der Waals surface area contributed by atoms with Gasteiger partial charge in [-0.1, -0.05) is 20.8 Å². The van der Waals surface area contributed by atoms with Crippen LogP contribution in [0.3, 0.4) is 0 Å². The third-order valence-corrected chi connectivity index (χ3v) is 4.34. The van der Waals surface area contributed by atoms with Crippen molar-refractivity contribution >= 4 is 12.0 Å². The molecule has 5 heteroatoms. The molecule has 0 atom stereocenters. The number of piperidine rings is 1. The van der Waals surface area contributed by atoms with Crippen LogP contribution in [-0.2, 0) is 4.79 Å². The van der Waals surface area contributed by atoms with Crippen molar-refractivity contribution in [2.75, 3.05) is 19.6 Å². The minimum Gasteiger partial charge on any atom is -0.481 e. The van der Waals surface area contributed by atoms with Gasteiger partial charge in [-0.05, 0) is 37.0 Å². The molecular weight excluding hydrogens is 256 g/mol. The van der Waals surface area contributed by atoms with Gasteiger partial charge in [0.25, 0.3) is 0 Å². The molecule has 0 aromatic heterocycles. The minimum absolute atomic E-state index is 0.0169. The Morgan fingerprint density at radius 3 is 2.40 bits per heavy atom. The summed E-state index contributed by atoms with van der Waals surface area (Å²) in [6.07, 6.45) is 3.83. The summed E-state index contributed by atoms with van der Waals surface area (Å²) in [7, 11) is 0. The molecule has 116 valence electrons. The van der Waals surface area contributed by atoms with E-state index >= 15 is 0 Å². The highest BCUT2D eigenvalue weighted by Gasteiger charge is 2.24. The molecule has 0 unspecified atom stereocenters. The van der Waals surface area contributed by atoms with Gasteiger partial charge in [0.1, 0.15) is 0 Å². The van der Waals surface area contributed by atoms with Gasteiger partial charge in [0.05, 0.1) is 0 Å². The van der Waals surface area contributed by atoms with Gasteiger partial charge in [-0.25, -0.2) is 4.79 Å². The third-order valence-electron chi connectivity index (χ3n) is 4.34. The van der Waals surface area contributed by atoms with E-state index in [0.29, 0.717) is 12.5 Å². The van der Waals surface area contributed by atoms with E-state index in [1.165, 1.54) is 0 Å². The van der Waals surface area contributed by atoms with Crippen LogP contribution < -0.4 is 5.32 Å². The number of hydrogen-bond donors (Lipinski definition) is 2. The van der Waals surface area contributed by atoms with Gasteiger partial charge in [-0.15, -0.1) is 0 Å². The lowest BCUT2D eigenvalue weighted by atomic mass is 9.90. The predicted molar refractivity (Wildman–Crippen MR) is 78.6 cm³/mol. The van der Waals surface area contributed by atoms with E-state index in [4.69, 9.17) is 5.11 Å². The molecule has 1 fully saturated rings. The molecule has 0 radical (unpaired) electrons. The normalized spacial score (nSPS) is 17.1. The molecule has 0 aromatic carbocycles. The van der Waals surface area contributed by atoms with Crippen LogP contribution in [0.1, 0.15) is 52.9 Å². The summed E-state index contributed by atoms with van der Waals surface area (Å²) < 4.78 is 0. The summed E-state index contributed by atoms with van der Waals surface area (Å²) >= 11 is 0. The van der Waals surface area contributed by atoms with E-state index in [1.54, 1.807) is 0 Å². The average molecular weight is 284 g/mol. The quantitative estimate of drug-likeness (QED) is 0.788. The summed E-state index contributed by atoms with van der Waals surface area (Å²) in [5.41, 5.74) is 0.134. The first-order chi connectivity index (χ1) is 9.34. The lowest BCUT2D eigenvalue weighted by molar-refractivity contribution is -0.137. The lowest BCUT2D eigenvalue weighted by Gasteiger charge is -2.33. The number of likely N-dealkylation sites (tertiary alicyclic amines) is 1. The zero-order chi connectivity index (χ0) is 15.2. The standard InChI is InChI=1S/C15H28N2O3/c1-4-15(2,3)11-16-14(20)17-9-7-12(8-10-17)5-6-13(18)19/h12H,4-11H2,1-3H3,(H,16,20)(H,18,19). The van der Waals surface area contributed by atoms with Gasteiger partial charge >= 0.3 is 12.0 Å².